The Balaban J connectivity index is 2.09. The summed E-state index contributed by atoms with van der Waals surface area (Å²) in [5.74, 6) is -0.795. The van der Waals surface area contributed by atoms with Gasteiger partial charge in [0.1, 0.15) is 0 Å². The fourth-order valence-corrected chi connectivity index (χ4v) is 3.74. The van der Waals surface area contributed by atoms with Crippen molar-refractivity contribution in [3.63, 3.8) is 0 Å². The molecule has 2 aromatic heterocycles. The summed E-state index contributed by atoms with van der Waals surface area (Å²) in [5, 5.41) is 18.1. The van der Waals surface area contributed by atoms with Gasteiger partial charge in [-0.05, 0) is 26.7 Å². The van der Waals surface area contributed by atoms with E-state index in [2.05, 4.69) is 15.3 Å². The summed E-state index contributed by atoms with van der Waals surface area (Å²) in [5.41, 5.74) is 1.75. The predicted molar refractivity (Wildman–Crippen MR) is 79.3 cm³/mol. The minimum atomic E-state index is -1.01. The Morgan fingerprint density at radius 2 is 2.00 bits per heavy atom. The van der Waals surface area contributed by atoms with Gasteiger partial charge in [-0.2, -0.15) is 4.68 Å². The molecule has 0 radical (unpaired) electrons. The molecule has 0 atom stereocenters. The van der Waals surface area contributed by atoms with E-state index in [0.29, 0.717) is 5.13 Å². The fourth-order valence-electron chi connectivity index (χ4n) is 2.87. The van der Waals surface area contributed by atoms with Crippen molar-refractivity contribution in [3.05, 3.63) is 22.0 Å². The largest absolute Gasteiger partial charge is 0.476 e. The molecule has 1 aliphatic rings. The Hall–Kier alpha value is -1.76. The van der Waals surface area contributed by atoms with Crippen LogP contribution in [0.25, 0.3) is 5.13 Å². The third-order valence-corrected chi connectivity index (χ3v) is 5.15. The number of thiazole rings is 1. The van der Waals surface area contributed by atoms with Gasteiger partial charge in [0.25, 0.3) is 0 Å². The lowest BCUT2D eigenvalue weighted by atomic mass is 9.86. The third-order valence-electron chi connectivity index (χ3n) is 4.10. The van der Waals surface area contributed by atoms with Crippen molar-refractivity contribution in [3.8, 4) is 5.13 Å². The summed E-state index contributed by atoms with van der Waals surface area (Å²) in [4.78, 5) is 17.1. The number of carboxylic acids is 1. The Morgan fingerprint density at radius 3 is 2.57 bits per heavy atom. The second kappa shape index (κ2) is 5.55. The first-order valence-electron chi connectivity index (χ1n) is 7.21. The number of rotatable bonds is 3. The minimum Gasteiger partial charge on any atom is -0.476 e. The van der Waals surface area contributed by atoms with Crippen molar-refractivity contribution in [2.24, 2.45) is 0 Å². The van der Waals surface area contributed by atoms with Crippen LogP contribution in [0.15, 0.2) is 0 Å². The average molecular weight is 306 g/mol. The smallest absolute Gasteiger partial charge is 0.358 e. The number of aromatic nitrogens is 4. The van der Waals surface area contributed by atoms with Crippen LogP contribution in [0.4, 0.5) is 0 Å². The van der Waals surface area contributed by atoms with E-state index in [4.69, 9.17) is 0 Å². The van der Waals surface area contributed by atoms with Crippen molar-refractivity contribution in [2.75, 3.05) is 0 Å². The van der Waals surface area contributed by atoms with E-state index in [-0.39, 0.29) is 11.6 Å². The van der Waals surface area contributed by atoms with Crippen LogP contribution in [0.5, 0.6) is 0 Å². The zero-order valence-corrected chi connectivity index (χ0v) is 13.0. The minimum absolute atomic E-state index is 0.0763. The summed E-state index contributed by atoms with van der Waals surface area (Å²) in [6, 6.07) is 0. The van der Waals surface area contributed by atoms with E-state index in [9.17, 15) is 9.90 Å². The molecule has 2 heterocycles. The van der Waals surface area contributed by atoms with Gasteiger partial charge in [0.2, 0.25) is 5.13 Å². The van der Waals surface area contributed by atoms with E-state index >= 15 is 0 Å². The third kappa shape index (κ3) is 2.57. The van der Waals surface area contributed by atoms with Gasteiger partial charge in [-0.1, -0.05) is 35.8 Å². The Kier molecular flexibility index (Phi) is 3.75. The van der Waals surface area contributed by atoms with Gasteiger partial charge in [0.15, 0.2) is 5.69 Å². The van der Waals surface area contributed by atoms with Crippen molar-refractivity contribution in [2.45, 2.75) is 51.9 Å². The zero-order valence-electron chi connectivity index (χ0n) is 12.2. The highest BCUT2D eigenvalue weighted by atomic mass is 32.1. The zero-order chi connectivity index (χ0) is 15.0. The highest BCUT2D eigenvalue weighted by Gasteiger charge is 2.29. The van der Waals surface area contributed by atoms with E-state index in [1.54, 1.807) is 4.68 Å². The van der Waals surface area contributed by atoms with Crippen LogP contribution in [0.2, 0.25) is 0 Å². The molecule has 0 aliphatic heterocycles. The molecule has 21 heavy (non-hydrogen) atoms. The predicted octanol–water partition coefficient (Wildman–Crippen LogP) is 3.09. The summed E-state index contributed by atoms with van der Waals surface area (Å²) in [6.45, 7) is 3.95. The van der Waals surface area contributed by atoms with Gasteiger partial charge >= 0.3 is 5.97 Å². The van der Waals surface area contributed by atoms with Crippen LogP contribution in [0, 0.1) is 13.8 Å². The number of aromatic carboxylic acids is 1. The van der Waals surface area contributed by atoms with Crippen molar-refractivity contribution in [1.29, 1.82) is 0 Å². The quantitative estimate of drug-likeness (QED) is 0.942. The number of hydrogen-bond donors (Lipinski definition) is 1. The number of aryl methyl sites for hydroxylation is 2. The number of hydrogen-bond acceptors (Lipinski definition) is 5. The molecule has 7 heteroatoms. The second-order valence-corrected chi connectivity index (χ2v) is 6.69. The molecule has 1 fully saturated rings. The van der Waals surface area contributed by atoms with Gasteiger partial charge < -0.3 is 5.11 Å². The molecule has 0 aromatic carbocycles. The van der Waals surface area contributed by atoms with Crippen molar-refractivity contribution < 1.29 is 9.90 Å². The van der Waals surface area contributed by atoms with Gasteiger partial charge in [-0.25, -0.2) is 9.78 Å². The summed E-state index contributed by atoms with van der Waals surface area (Å²) >= 11 is 1.53. The maximum Gasteiger partial charge on any atom is 0.358 e. The SMILES string of the molecule is Cc1nc(-n2nnc(C(=O)O)c2C2CCCCC2)sc1C. The first-order valence-corrected chi connectivity index (χ1v) is 8.03. The van der Waals surface area contributed by atoms with E-state index < -0.39 is 5.97 Å². The summed E-state index contributed by atoms with van der Waals surface area (Å²) in [7, 11) is 0. The maximum atomic E-state index is 11.4. The monoisotopic (exact) mass is 306 g/mol. The molecule has 0 amide bonds. The van der Waals surface area contributed by atoms with Crippen LogP contribution < -0.4 is 0 Å². The Labute approximate surface area is 126 Å². The molecule has 0 bridgehead atoms. The van der Waals surface area contributed by atoms with Crippen molar-refractivity contribution >= 4 is 17.3 Å². The lowest BCUT2D eigenvalue weighted by Crippen LogP contribution is -2.14. The highest BCUT2D eigenvalue weighted by molar-refractivity contribution is 7.14. The van der Waals surface area contributed by atoms with Gasteiger partial charge in [0, 0.05) is 10.8 Å². The Morgan fingerprint density at radius 1 is 1.29 bits per heavy atom. The van der Waals surface area contributed by atoms with Gasteiger partial charge in [0.05, 0.1) is 11.4 Å². The number of nitrogens with zero attached hydrogens (tertiary/aromatic N) is 4. The van der Waals surface area contributed by atoms with Crippen LogP contribution >= 0.6 is 11.3 Å². The van der Waals surface area contributed by atoms with Crippen LogP contribution in [-0.2, 0) is 0 Å². The normalized spacial score (nSPS) is 16.3. The standard InChI is InChI=1S/C14H18N4O2S/c1-8-9(2)21-14(15-8)18-12(10-6-4-3-5-7-10)11(13(19)20)16-17-18/h10H,3-7H2,1-2H3,(H,19,20). The van der Waals surface area contributed by atoms with Crippen LogP contribution in [0.1, 0.15) is 64.8 Å². The molecule has 1 N–H and O–H groups in total. The first kappa shape index (κ1) is 14.2. The van der Waals surface area contributed by atoms with E-state index in [0.717, 1.165) is 41.9 Å². The Bertz CT molecular complexity index is 651. The summed E-state index contributed by atoms with van der Waals surface area (Å²) < 4.78 is 1.64. The molecule has 0 unspecified atom stereocenters. The van der Waals surface area contributed by atoms with E-state index in [1.165, 1.54) is 17.8 Å². The van der Waals surface area contributed by atoms with E-state index in [1.807, 2.05) is 13.8 Å². The van der Waals surface area contributed by atoms with Crippen LogP contribution in [0.3, 0.4) is 0 Å². The van der Waals surface area contributed by atoms with Gasteiger partial charge in [-0.3, -0.25) is 0 Å². The number of carboxylic acid groups (broad SMARTS) is 1. The van der Waals surface area contributed by atoms with Gasteiger partial charge in [-0.15, -0.1) is 5.10 Å². The molecule has 3 rings (SSSR count). The van der Waals surface area contributed by atoms with Crippen molar-refractivity contribution in [1.82, 2.24) is 20.0 Å². The molecule has 1 saturated carbocycles. The first-order chi connectivity index (χ1) is 10.1. The maximum absolute atomic E-state index is 11.4. The lowest BCUT2D eigenvalue weighted by molar-refractivity contribution is 0.0688. The molecule has 112 valence electrons. The molecule has 2 aromatic rings. The molecular formula is C14H18N4O2S. The highest BCUT2D eigenvalue weighted by Crippen LogP contribution is 2.35. The molecule has 1 aliphatic carbocycles. The average Bonchev–Trinajstić information content (AvgIpc) is 3.04. The topological polar surface area (TPSA) is 80.9 Å². The van der Waals surface area contributed by atoms with Crippen LogP contribution in [-0.4, -0.2) is 31.1 Å². The number of carbonyl (C=O) groups is 1. The summed E-state index contributed by atoms with van der Waals surface area (Å²) in [6.07, 6.45) is 5.47. The molecule has 0 spiro atoms. The molecule has 6 nitrogen and oxygen atoms in total. The fraction of sp³-hybridized carbons (Fsp3) is 0.571. The second-order valence-electron chi connectivity index (χ2n) is 5.51. The molecule has 0 saturated heterocycles. The lowest BCUT2D eigenvalue weighted by Gasteiger charge is -2.21. The molecular weight excluding hydrogens is 288 g/mol.